The maximum atomic E-state index is 10.6. The number of thioether (sulfide) groups is 2. The van der Waals surface area contributed by atoms with Crippen LogP contribution in [0.3, 0.4) is 0 Å². The highest BCUT2D eigenvalue weighted by Crippen LogP contribution is 2.25. The van der Waals surface area contributed by atoms with E-state index >= 15 is 0 Å². The largest absolute Gasteiger partial charge is 0.480 e. The first-order valence-electron chi connectivity index (χ1n) is 4.26. The fraction of sp³-hybridized carbons (Fsp3) is 0.875. The number of rotatable bonds is 4. The Morgan fingerprint density at radius 1 is 1.85 bits per heavy atom. The number of aliphatic carboxylic acids is 1. The molecule has 0 aromatic rings. The first-order valence-corrected chi connectivity index (χ1v) is 6.60. The van der Waals surface area contributed by atoms with Gasteiger partial charge >= 0.3 is 5.97 Å². The van der Waals surface area contributed by atoms with E-state index in [4.69, 9.17) is 5.11 Å². The lowest BCUT2D eigenvalue weighted by atomic mass is 10.3. The van der Waals surface area contributed by atoms with Crippen LogP contribution in [0.4, 0.5) is 0 Å². The Labute approximate surface area is 87.0 Å². The van der Waals surface area contributed by atoms with Crippen molar-refractivity contribution in [1.29, 1.82) is 0 Å². The van der Waals surface area contributed by atoms with Gasteiger partial charge in [0.15, 0.2) is 0 Å². The molecule has 0 aliphatic carbocycles. The molecule has 1 heterocycles. The summed E-state index contributed by atoms with van der Waals surface area (Å²) >= 11 is 3.54. The van der Waals surface area contributed by atoms with E-state index in [1.807, 2.05) is 11.8 Å². The predicted molar refractivity (Wildman–Crippen MR) is 58.4 cm³/mol. The molecule has 5 heteroatoms. The number of carbonyl (C=O) groups is 1. The SMILES string of the molecule is CS[C@H](C)C[C@H]1N[C@@H](C(=O)O)CS1. The van der Waals surface area contributed by atoms with Crippen LogP contribution in [0.1, 0.15) is 13.3 Å². The van der Waals surface area contributed by atoms with Crippen molar-refractivity contribution < 1.29 is 9.90 Å². The Morgan fingerprint density at radius 3 is 3.00 bits per heavy atom. The average Bonchev–Trinajstić information content (AvgIpc) is 2.52. The molecule has 1 fully saturated rings. The van der Waals surface area contributed by atoms with E-state index in [-0.39, 0.29) is 6.04 Å². The zero-order chi connectivity index (χ0) is 9.84. The van der Waals surface area contributed by atoms with Crippen LogP contribution in [0.2, 0.25) is 0 Å². The third kappa shape index (κ3) is 3.40. The smallest absolute Gasteiger partial charge is 0.321 e. The Morgan fingerprint density at radius 2 is 2.54 bits per heavy atom. The maximum Gasteiger partial charge on any atom is 0.321 e. The van der Waals surface area contributed by atoms with Gasteiger partial charge in [-0.05, 0) is 12.7 Å². The molecule has 0 unspecified atom stereocenters. The molecule has 0 aromatic carbocycles. The summed E-state index contributed by atoms with van der Waals surface area (Å²) in [6.07, 6.45) is 3.12. The minimum Gasteiger partial charge on any atom is -0.480 e. The van der Waals surface area contributed by atoms with E-state index in [1.54, 1.807) is 11.8 Å². The van der Waals surface area contributed by atoms with Crippen LogP contribution < -0.4 is 5.32 Å². The lowest BCUT2D eigenvalue weighted by Gasteiger charge is -2.14. The van der Waals surface area contributed by atoms with Crippen molar-refractivity contribution in [1.82, 2.24) is 5.32 Å². The van der Waals surface area contributed by atoms with Crippen molar-refractivity contribution in [2.24, 2.45) is 0 Å². The molecule has 13 heavy (non-hydrogen) atoms. The highest BCUT2D eigenvalue weighted by atomic mass is 32.2. The van der Waals surface area contributed by atoms with Gasteiger partial charge in [-0.2, -0.15) is 11.8 Å². The molecule has 1 aliphatic rings. The van der Waals surface area contributed by atoms with Crippen LogP contribution in [0, 0.1) is 0 Å². The van der Waals surface area contributed by atoms with Gasteiger partial charge in [-0.25, -0.2) is 0 Å². The molecule has 0 radical (unpaired) electrons. The monoisotopic (exact) mass is 221 g/mol. The lowest BCUT2D eigenvalue weighted by Crippen LogP contribution is -2.37. The van der Waals surface area contributed by atoms with Gasteiger partial charge in [-0.3, -0.25) is 10.1 Å². The molecular weight excluding hydrogens is 206 g/mol. The van der Waals surface area contributed by atoms with E-state index in [0.29, 0.717) is 16.4 Å². The van der Waals surface area contributed by atoms with Gasteiger partial charge in [0.05, 0.1) is 5.37 Å². The average molecular weight is 221 g/mol. The minimum absolute atomic E-state index is 0.323. The summed E-state index contributed by atoms with van der Waals surface area (Å²) in [6.45, 7) is 2.17. The number of carboxylic acids is 1. The van der Waals surface area contributed by atoms with Gasteiger partial charge in [0.2, 0.25) is 0 Å². The Balaban J connectivity index is 2.29. The molecule has 0 aromatic heterocycles. The van der Waals surface area contributed by atoms with Crippen molar-refractivity contribution in [3.05, 3.63) is 0 Å². The Kier molecular flexibility index (Phi) is 4.41. The van der Waals surface area contributed by atoms with Crippen LogP contribution in [0.15, 0.2) is 0 Å². The van der Waals surface area contributed by atoms with E-state index in [9.17, 15) is 4.79 Å². The summed E-state index contributed by atoms with van der Waals surface area (Å²) < 4.78 is 0. The van der Waals surface area contributed by atoms with Crippen molar-refractivity contribution in [3.8, 4) is 0 Å². The molecule has 0 spiro atoms. The van der Waals surface area contributed by atoms with E-state index in [1.165, 1.54) is 0 Å². The molecule has 2 N–H and O–H groups in total. The molecule has 1 rings (SSSR count). The van der Waals surface area contributed by atoms with Gasteiger partial charge in [0, 0.05) is 11.0 Å². The van der Waals surface area contributed by atoms with Crippen LogP contribution in [0.5, 0.6) is 0 Å². The number of carboxylic acid groups (broad SMARTS) is 1. The van der Waals surface area contributed by atoms with Crippen LogP contribution in [-0.4, -0.2) is 39.8 Å². The minimum atomic E-state index is -0.730. The summed E-state index contributed by atoms with van der Waals surface area (Å²) in [5, 5.41) is 12.8. The first-order chi connectivity index (χ1) is 6.13. The van der Waals surface area contributed by atoms with Crippen molar-refractivity contribution in [2.75, 3.05) is 12.0 Å². The molecule has 1 aliphatic heterocycles. The summed E-state index contributed by atoms with van der Waals surface area (Å²) in [5.74, 6) is -0.0343. The van der Waals surface area contributed by atoms with Gasteiger partial charge < -0.3 is 5.11 Å². The second-order valence-corrected chi connectivity index (χ2v) is 5.67. The number of hydrogen-bond donors (Lipinski definition) is 2. The lowest BCUT2D eigenvalue weighted by molar-refractivity contribution is -0.138. The van der Waals surface area contributed by atoms with E-state index < -0.39 is 5.97 Å². The highest BCUT2D eigenvalue weighted by molar-refractivity contribution is 8.00. The molecule has 3 atom stereocenters. The summed E-state index contributed by atoms with van der Waals surface area (Å²) in [4.78, 5) is 10.6. The van der Waals surface area contributed by atoms with E-state index in [0.717, 1.165) is 6.42 Å². The molecule has 0 saturated carbocycles. The van der Waals surface area contributed by atoms with Crippen LogP contribution >= 0.6 is 23.5 Å². The topological polar surface area (TPSA) is 49.3 Å². The standard InChI is InChI=1S/C8H15NO2S2/c1-5(12-2)3-7-9-6(4-13-7)8(10)11/h5-7,9H,3-4H2,1-2H3,(H,10,11)/t5-,6-,7+/m1/s1. The first kappa shape index (κ1) is 11.2. The fourth-order valence-corrected chi connectivity index (χ4v) is 3.06. The zero-order valence-corrected chi connectivity index (χ0v) is 9.45. The molecular formula is C8H15NO2S2. The summed E-state index contributed by atoms with van der Waals surface area (Å²) in [6, 6.07) is -0.343. The third-order valence-corrected chi connectivity index (χ3v) is 4.35. The second-order valence-electron chi connectivity index (χ2n) is 3.16. The van der Waals surface area contributed by atoms with Gasteiger partial charge in [-0.1, -0.05) is 6.92 Å². The molecule has 1 saturated heterocycles. The van der Waals surface area contributed by atoms with Gasteiger partial charge in [-0.15, -0.1) is 11.8 Å². The third-order valence-electron chi connectivity index (χ3n) is 2.10. The van der Waals surface area contributed by atoms with Crippen molar-refractivity contribution in [2.45, 2.75) is 30.0 Å². The highest BCUT2D eigenvalue weighted by Gasteiger charge is 2.29. The van der Waals surface area contributed by atoms with Crippen LogP contribution in [0.25, 0.3) is 0 Å². The Bertz CT molecular complexity index is 189. The number of hydrogen-bond acceptors (Lipinski definition) is 4. The van der Waals surface area contributed by atoms with Gasteiger partial charge in [0.1, 0.15) is 6.04 Å². The summed E-state index contributed by atoms with van der Waals surface area (Å²) in [5.41, 5.74) is 0. The molecule has 76 valence electrons. The zero-order valence-electron chi connectivity index (χ0n) is 7.82. The fourth-order valence-electron chi connectivity index (χ4n) is 1.21. The quantitative estimate of drug-likeness (QED) is 0.748. The maximum absolute atomic E-state index is 10.6. The van der Waals surface area contributed by atoms with E-state index in [2.05, 4.69) is 18.5 Å². The predicted octanol–water partition coefficient (Wildman–Crippen LogP) is 1.24. The van der Waals surface area contributed by atoms with Crippen molar-refractivity contribution in [3.63, 3.8) is 0 Å². The normalized spacial score (nSPS) is 30.3. The van der Waals surface area contributed by atoms with Crippen LogP contribution in [-0.2, 0) is 4.79 Å². The molecule has 0 amide bonds. The molecule has 0 bridgehead atoms. The molecule has 3 nitrogen and oxygen atoms in total. The second kappa shape index (κ2) is 5.12. The number of nitrogens with one attached hydrogen (secondary N) is 1. The van der Waals surface area contributed by atoms with Gasteiger partial charge in [0.25, 0.3) is 0 Å². The summed E-state index contributed by atoms with van der Waals surface area (Å²) in [7, 11) is 0. The Hall–Kier alpha value is 0.130. The van der Waals surface area contributed by atoms with Crippen molar-refractivity contribution >= 4 is 29.5 Å².